The van der Waals surface area contributed by atoms with Gasteiger partial charge in [-0.2, -0.15) is 0 Å². The van der Waals surface area contributed by atoms with Crippen molar-refractivity contribution in [3.63, 3.8) is 0 Å². The fraction of sp³-hybridized carbons (Fsp3) is 0.214. The molecule has 18 heavy (non-hydrogen) atoms. The quantitative estimate of drug-likeness (QED) is 0.771. The minimum Gasteiger partial charge on any atom is -0.481 e. The smallest absolute Gasteiger partial charge is 0.216 e. The molecule has 0 saturated heterocycles. The third-order valence-corrected chi connectivity index (χ3v) is 2.75. The van der Waals surface area contributed by atoms with Gasteiger partial charge in [0.15, 0.2) is 5.78 Å². The first-order valence-electron chi connectivity index (χ1n) is 5.64. The fourth-order valence-corrected chi connectivity index (χ4v) is 1.68. The summed E-state index contributed by atoms with van der Waals surface area (Å²) in [5, 5.41) is 0. The zero-order valence-electron chi connectivity index (χ0n) is 10.4. The summed E-state index contributed by atoms with van der Waals surface area (Å²) in [5.74, 6) is 0.364. The molecule has 0 aliphatic rings. The average molecular weight is 242 g/mol. The van der Waals surface area contributed by atoms with Crippen molar-refractivity contribution in [2.24, 2.45) is 0 Å². The van der Waals surface area contributed by atoms with Crippen LogP contribution in [0.5, 0.6) is 5.88 Å². The number of ether oxygens (including phenoxy) is 1. The fourth-order valence-electron chi connectivity index (χ4n) is 1.68. The second-order valence-corrected chi connectivity index (χ2v) is 3.97. The van der Waals surface area contributed by atoms with Crippen LogP contribution < -0.4 is 4.74 Å². The highest BCUT2D eigenvalue weighted by Crippen LogP contribution is 2.12. The third-order valence-electron chi connectivity index (χ3n) is 2.75. The molecule has 0 radical (unpaired) electrons. The Bertz CT molecular complexity index is 567. The van der Waals surface area contributed by atoms with Gasteiger partial charge in [-0.1, -0.05) is 24.3 Å². The Morgan fingerprint density at radius 3 is 2.78 bits per heavy atom. The summed E-state index contributed by atoms with van der Waals surface area (Å²) in [5.41, 5.74) is 2.50. The minimum atomic E-state index is -0.0370. The predicted octanol–water partition coefficient (Wildman–Crippen LogP) is 2.22. The lowest BCUT2D eigenvalue weighted by Gasteiger charge is -2.05. The Hall–Kier alpha value is -2.23. The van der Waals surface area contributed by atoms with E-state index >= 15 is 0 Å². The van der Waals surface area contributed by atoms with Gasteiger partial charge in [0.05, 0.1) is 7.11 Å². The van der Waals surface area contributed by atoms with E-state index in [-0.39, 0.29) is 5.78 Å². The van der Waals surface area contributed by atoms with Crippen LogP contribution in [0.4, 0.5) is 0 Å². The number of nitrogens with zero attached hydrogens (tertiary/aromatic N) is 2. The van der Waals surface area contributed by atoms with Gasteiger partial charge in [0.2, 0.25) is 5.88 Å². The molecule has 1 aromatic carbocycles. The van der Waals surface area contributed by atoms with Crippen LogP contribution >= 0.6 is 0 Å². The molecule has 2 rings (SSSR count). The molecule has 0 aliphatic carbocycles. The number of aryl methyl sites for hydroxylation is 1. The first-order chi connectivity index (χ1) is 8.70. The van der Waals surface area contributed by atoms with Gasteiger partial charge in [0, 0.05) is 12.5 Å². The molecule has 0 unspecified atom stereocenters. The maximum atomic E-state index is 12.1. The van der Waals surface area contributed by atoms with Crippen molar-refractivity contribution in [2.75, 3.05) is 7.11 Å². The lowest BCUT2D eigenvalue weighted by atomic mass is 10.0. The summed E-state index contributed by atoms with van der Waals surface area (Å²) in [6, 6.07) is 9.38. The first-order valence-corrected chi connectivity index (χ1v) is 5.64. The second-order valence-electron chi connectivity index (χ2n) is 3.97. The van der Waals surface area contributed by atoms with Gasteiger partial charge >= 0.3 is 0 Å². The number of hydrogen-bond acceptors (Lipinski definition) is 4. The van der Waals surface area contributed by atoms with Crippen molar-refractivity contribution in [3.8, 4) is 5.88 Å². The largest absolute Gasteiger partial charge is 0.481 e. The molecule has 0 fully saturated rings. The lowest BCUT2D eigenvalue weighted by molar-refractivity contribution is 0.0987. The summed E-state index contributed by atoms with van der Waals surface area (Å²) in [4.78, 5) is 19.9. The van der Waals surface area contributed by atoms with E-state index in [2.05, 4.69) is 9.97 Å². The van der Waals surface area contributed by atoms with Gasteiger partial charge in [0.25, 0.3) is 0 Å². The highest BCUT2D eigenvalue weighted by molar-refractivity contribution is 5.96. The molecular weight excluding hydrogens is 228 g/mol. The minimum absolute atomic E-state index is 0.0370. The average Bonchev–Trinajstić information content (AvgIpc) is 2.41. The Kier molecular flexibility index (Phi) is 3.67. The van der Waals surface area contributed by atoms with Gasteiger partial charge in [0.1, 0.15) is 12.0 Å². The predicted molar refractivity (Wildman–Crippen MR) is 67.8 cm³/mol. The Morgan fingerprint density at radius 2 is 2.06 bits per heavy atom. The molecule has 1 aromatic heterocycles. The van der Waals surface area contributed by atoms with E-state index in [9.17, 15) is 4.79 Å². The SMILES string of the molecule is COc1cc(C(=O)Cc2ccccc2C)ncn1. The number of Topliss-reactive ketones (excluding diaryl/α,β-unsaturated/α-hetero) is 1. The van der Waals surface area contributed by atoms with Crippen LogP contribution in [-0.2, 0) is 6.42 Å². The molecule has 4 nitrogen and oxygen atoms in total. The van der Waals surface area contributed by atoms with Gasteiger partial charge < -0.3 is 4.74 Å². The highest BCUT2D eigenvalue weighted by atomic mass is 16.5. The van der Waals surface area contributed by atoms with Gasteiger partial charge in [-0.3, -0.25) is 4.79 Å². The summed E-state index contributed by atoms with van der Waals surface area (Å²) in [7, 11) is 1.51. The Balaban J connectivity index is 2.19. The number of hydrogen-bond donors (Lipinski definition) is 0. The van der Waals surface area contributed by atoms with Crippen molar-refractivity contribution in [2.45, 2.75) is 13.3 Å². The van der Waals surface area contributed by atoms with Crippen LogP contribution in [-0.4, -0.2) is 22.9 Å². The molecule has 0 N–H and O–H groups in total. The zero-order chi connectivity index (χ0) is 13.0. The van der Waals surface area contributed by atoms with Crippen LogP contribution in [0.2, 0.25) is 0 Å². The van der Waals surface area contributed by atoms with E-state index in [1.165, 1.54) is 13.4 Å². The molecular formula is C14H14N2O2. The molecule has 0 aliphatic heterocycles. The number of benzene rings is 1. The number of ketones is 1. The maximum absolute atomic E-state index is 12.1. The number of carbonyl (C=O) groups is 1. The monoisotopic (exact) mass is 242 g/mol. The Labute approximate surface area is 106 Å². The number of rotatable bonds is 4. The molecule has 0 atom stereocenters. The van der Waals surface area contributed by atoms with E-state index in [0.29, 0.717) is 18.0 Å². The molecule has 0 saturated carbocycles. The van der Waals surface area contributed by atoms with Crippen molar-refractivity contribution in [3.05, 3.63) is 53.5 Å². The topological polar surface area (TPSA) is 52.1 Å². The van der Waals surface area contributed by atoms with Crippen molar-refractivity contribution in [1.29, 1.82) is 0 Å². The second kappa shape index (κ2) is 5.40. The van der Waals surface area contributed by atoms with Gasteiger partial charge in [-0.15, -0.1) is 0 Å². The zero-order valence-corrected chi connectivity index (χ0v) is 10.4. The summed E-state index contributed by atoms with van der Waals surface area (Å²) in [6.45, 7) is 1.99. The maximum Gasteiger partial charge on any atom is 0.216 e. The summed E-state index contributed by atoms with van der Waals surface area (Å²) in [6.07, 6.45) is 1.68. The molecule has 0 bridgehead atoms. The standard InChI is InChI=1S/C14H14N2O2/c1-10-5-3-4-6-11(10)7-13(17)12-8-14(18-2)16-9-15-12/h3-6,8-9H,7H2,1-2H3. The van der Waals surface area contributed by atoms with Gasteiger partial charge in [-0.05, 0) is 18.1 Å². The van der Waals surface area contributed by atoms with Crippen LogP contribution in [0.25, 0.3) is 0 Å². The van der Waals surface area contributed by atoms with Crippen molar-refractivity contribution < 1.29 is 9.53 Å². The van der Waals surface area contributed by atoms with Crippen molar-refractivity contribution in [1.82, 2.24) is 9.97 Å². The van der Waals surface area contributed by atoms with E-state index in [0.717, 1.165) is 11.1 Å². The number of methoxy groups -OCH3 is 1. The number of aromatic nitrogens is 2. The van der Waals surface area contributed by atoms with Crippen molar-refractivity contribution >= 4 is 5.78 Å². The highest BCUT2D eigenvalue weighted by Gasteiger charge is 2.11. The summed E-state index contributed by atoms with van der Waals surface area (Å²) >= 11 is 0. The van der Waals surface area contributed by atoms with Crippen LogP contribution in [0.15, 0.2) is 36.7 Å². The molecule has 92 valence electrons. The summed E-state index contributed by atoms with van der Waals surface area (Å²) < 4.78 is 4.98. The first kappa shape index (κ1) is 12.2. The van der Waals surface area contributed by atoms with E-state index < -0.39 is 0 Å². The van der Waals surface area contributed by atoms with E-state index in [4.69, 9.17) is 4.74 Å². The normalized spacial score (nSPS) is 10.1. The molecule has 4 heteroatoms. The van der Waals surface area contributed by atoms with Crippen LogP contribution in [0, 0.1) is 6.92 Å². The third kappa shape index (κ3) is 2.71. The Morgan fingerprint density at radius 1 is 1.28 bits per heavy atom. The molecule has 0 spiro atoms. The lowest BCUT2D eigenvalue weighted by Crippen LogP contribution is -2.07. The van der Waals surface area contributed by atoms with E-state index in [1.807, 2.05) is 31.2 Å². The molecule has 0 amide bonds. The van der Waals surface area contributed by atoms with Crippen LogP contribution in [0.3, 0.4) is 0 Å². The van der Waals surface area contributed by atoms with Crippen LogP contribution in [0.1, 0.15) is 21.6 Å². The van der Waals surface area contributed by atoms with Gasteiger partial charge in [-0.25, -0.2) is 9.97 Å². The number of carbonyl (C=O) groups excluding carboxylic acids is 1. The van der Waals surface area contributed by atoms with E-state index in [1.54, 1.807) is 6.07 Å². The molecule has 2 aromatic rings. The molecule has 1 heterocycles.